The molecule has 9 nitrogen and oxygen atoms in total. The number of aromatic nitrogens is 1. The fraction of sp³-hybridized carbons (Fsp3) is 0.417. The first-order chi connectivity index (χ1) is 16.3. The number of halogens is 1. The van der Waals surface area contributed by atoms with E-state index in [1.165, 1.54) is 31.5 Å². The third-order valence-electron chi connectivity index (χ3n) is 6.46. The number of hydrogen-bond acceptors (Lipinski definition) is 6. The van der Waals surface area contributed by atoms with Gasteiger partial charge in [0.25, 0.3) is 5.91 Å². The highest BCUT2D eigenvalue weighted by atomic mass is 19.1. The van der Waals surface area contributed by atoms with Crippen LogP contribution in [0.2, 0.25) is 0 Å². The van der Waals surface area contributed by atoms with E-state index in [1.54, 1.807) is 12.1 Å². The molecular formula is C24H27FN4O5. The number of carbonyl (C=O) groups is 3. The van der Waals surface area contributed by atoms with Gasteiger partial charge in [0.2, 0.25) is 11.5 Å². The number of carbonyl (C=O) groups excluding carboxylic acids is 3. The van der Waals surface area contributed by atoms with Crippen molar-refractivity contribution in [1.29, 1.82) is 0 Å². The predicted octanol–water partition coefficient (Wildman–Crippen LogP) is 1.60. The lowest BCUT2D eigenvalue weighted by molar-refractivity contribution is -0.124. The summed E-state index contributed by atoms with van der Waals surface area (Å²) in [4.78, 5) is 53.1. The first-order valence-electron chi connectivity index (χ1n) is 11.2. The van der Waals surface area contributed by atoms with Crippen LogP contribution in [-0.4, -0.2) is 55.1 Å². The van der Waals surface area contributed by atoms with Gasteiger partial charge >= 0.3 is 5.97 Å². The fourth-order valence-corrected chi connectivity index (χ4v) is 4.27. The molecule has 0 bridgehead atoms. The molecule has 34 heavy (non-hydrogen) atoms. The van der Waals surface area contributed by atoms with E-state index in [2.05, 4.69) is 15.6 Å². The van der Waals surface area contributed by atoms with Crippen molar-refractivity contribution in [2.75, 3.05) is 31.6 Å². The Morgan fingerprint density at radius 2 is 1.94 bits per heavy atom. The second-order valence-corrected chi connectivity index (χ2v) is 8.74. The maximum atomic E-state index is 14.2. The molecule has 2 aliphatic rings. The lowest BCUT2D eigenvalue weighted by atomic mass is 9.95. The van der Waals surface area contributed by atoms with Crippen LogP contribution in [0.1, 0.15) is 46.4 Å². The Morgan fingerprint density at radius 1 is 1.21 bits per heavy atom. The van der Waals surface area contributed by atoms with Crippen molar-refractivity contribution in [1.82, 2.24) is 15.6 Å². The van der Waals surface area contributed by atoms with Crippen LogP contribution in [0.3, 0.4) is 0 Å². The molecule has 1 aliphatic heterocycles. The molecular weight excluding hydrogens is 443 g/mol. The average molecular weight is 471 g/mol. The molecule has 1 aliphatic carbocycles. The number of hydrogen-bond donors (Lipinski definition) is 3. The number of rotatable bonds is 7. The van der Waals surface area contributed by atoms with Gasteiger partial charge < -0.3 is 25.3 Å². The monoisotopic (exact) mass is 470 g/mol. The summed E-state index contributed by atoms with van der Waals surface area (Å²) in [7, 11) is 1.22. The van der Waals surface area contributed by atoms with Crippen LogP contribution in [0.15, 0.2) is 41.3 Å². The zero-order valence-electron chi connectivity index (χ0n) is 18.9. The minimum Gasteiger partial charge on any atom is -0.465 e. The fourth-order valence-electron chi connectivity index (χ4n) is 4.27. The van der Waals surface area contributed by atoms with Crippen molar-refractivity contribution in [2.24, 2.45) is 5.92 Å². The number of nitrogens with one attached hydrogen (secondary N) is 3. The van der Waals surface area contributed by atoms with Crippen LogP contribution in [0.25, 0.3) is 0 Å². The zero-order valence-corrected chi connectivity index (χ0v) is 18.9. The number of H-pyrrole nitrogens is 1. The Bertz CT molecular complexity index is 1150. The molecule has 0 spiro atoms. The molecule has 1 saturated heterocycles. The normalized spacial score (nSPS) is 17.1. The smallest absolute Gasteiger partial charge is 0.342 e. The third-order valence-corrected chi connectivity index (χ3v) is 6.46. The summed E-state index contributed by atoms with van der Waals surface area (Å²) < 4.78 is 19.0. The van der Waals surface area contributed by atoms with Crippen molar-refractivity contribution < 1.29 is 23.5 Å². The molecule has 2 fully saturated rings. The number of pyridine rings is 1. The zero-order chi connectivity index (χ0) is 24.3. The molecule has 0 unspecified atom stereocenters. The highest BCUT2D eigenvalue weighted by Gasteiger charge is 2.51. The minimum absolute atomic E-state index is 0.0661. The number of ether oxygens (including phenoxy) is 1. The van der Waals surface area contributed by atoms with Crippen molar-refractivity contribution in [3.05, 3.63) is 63.8 Å². The Morgan fingerprint density at radius 3 is 2.59 bits per heavy atom. The van der Waals surface area contributed by atoms with E-state index in [4.69, 9.17) is 4.74 Å². The van der Waals surface area contributed by atoms with Gasteiger partial charge in [-0.15, -0.1) is 0 Å². The molecule has 4 rings (SSSR count). The largest absolute Gasteiger partial charge is 0.465 e. The van der Waals surface area contributed by atoms with Gasteiger partial charge in [-0.05, 0) is 49.8 Å². The van der Waals surface area contributed by atoms with Crippen LogP contribution in [-0.2, 0) is 9.53 Å². The van der Waals surface area contributed by atoms with Crippen LogP contribution in [0.4, 0.5) is 10.1 Å². The highest BCUT2D eigenvalue weighted by Crippen LogP contribution is 2.36. The van der Waals surface area contributed by atoms with Crippen LogP contribution < -0.4 is 21.1 Å². The van der Waals surface area contributed by atoms with E-state index in [0.717, 1.165) is 12.8 Å². The minimum atomic E-state index is -0.933. The number of anilines is 1. The van der Waals surface area contributed by atoms with E-state index in [9.17, 15) is 23.6 Å². The van der Waals surface area contributed by atoms with E-state index >= 15 is 0 Å². The number of esters is 1. The number of piperidine rings is 1. The predicted molar refractivity (Wildman–Crippen MR) is 122 cm³/mol. The number of aromatic amines is 1. The average Bonchev–Trinajstić information content (AvgIpc) is 3.63. The summed E-state index contributed by atoms with van der Waals surface area (Å²) >= 11 is 0. The van der Waals surface area contributed by atoms with Gasteiger partial charge in [-0.25, -0.2) is 9.18 Å². The summed E-state index contributed by atoms with van der Waals surface area (Å²) in [5, 5.41) is 5.71. The molecule has 0 atom stereocenters. The Labute approximate surface area is 195 Å². The Balaban J connectivity index is 1.30. The van der Waals surface area contributed by atoms with E-state index in [0.29, 0.717) is 38.2 Å². The van der Waals surface area contributed by atoms with E-state index in [-0.39, 0.29) is 28.5 Å². The first-order valence-corrected chi connectivity index (χ1v) is 11.2. The van der Waals surface area contributed by atoms with Crippen molar-refractivity contribution in [3.8, 4) is 0 Å². The van der Waals surface area contributed by atoms with Gasteiger partial charge in [0.05, 0.1) is 12.8 Å². The van der Waals surface area contributed by atoms with Gasteiger partial charge in [0.15, 0.2) is 0 Å². The molecule has 3 N–H and O–H groups in total. The van der Waals surface area contributed by atoms with E-state index < -0.39 is 23.2 Å². The lowest BCUT2D eigenvalue weighted by Gasteiger charge is -2.34. The Hall–Kier alpha value is -3.69. The molecule has 2 aromatic rings. The highest BCUT2D eigenvalue weighted by molar-refractivity contribution is 6.00. The van der Waals surface area contributed by atoms with Crippen molar-refractivity contribution in [2.45, 2.75) is 31.2 Å². The lowest BCUT2D eigenvalue weighted by Crippen LogP contribution is -2.50. The topological polar surface area (TPSA) is 121 Å². The summed E-state index contributed by atoms with van der Waals surface area (Å²) in [6, 6.07) is 7.19. The van der Waals surface area contributed by atoms with Crippen LogP contribution in [0, 0.1) is 11.7 Å². The summed E-state index contributed by atoms with van der Waals surface area (Å²) in [5.41, 5.74) is -0.668. The van der Waals surface area contributed by atoms with Crippen LogP contribution in [0.5, 0.6) is 0 Å². The van der Waals surface area contributed by atoms with E-state index in [1.807, 2.05) is 4.90 Å². The van der Waals surface area contributed by atoms with Crippen molar-refractivity contribution in [3.63, 3.8) is 0 Å². The third kappa shape index (κ3) is 4.95. The second-order valence-electron chi connectivity index (χ2n) is 8.74. The number of nitrogens with zero attached hydrogens (tertiary/aromatic N) is 1. The molecule has 180 valence electrons. The summed E-state index contributed by atoms with van der Waals surface area (Å²) in [5.74, 6) is -1.79. The second kappa shape index (κ2) is 9.66. The quantitative estimate of drug-likeness (QED) is 0.529. The molecule has 0 radical (unpaired) electrons. The van der Waals surface area contributed by atoms with Gasteiger partial charge in [-0.1, -0.05) is 6.07 Å². The molecule has 2 heterocycles. The van der Waals surface area contributed by atoms with Gasteiger partial charge in [0.1, 0.15) is 16.9 Å². The Kier molecular flexibility index (Phi) is 6.67. The molecule has 1 aromatic carbocycles. The summed E-state index contributed by atoms with van der Waals surface area (Å²) in [6.07, 6.45) is 3.98. The van der Waals surface area contributed by atoms with Gasteiger partial charge in [0, 0.05) is 37.5 Å². The number of methoxy groups -OCH3 is 1. The maximum Gasteiger partial charge on any atom is 0.342 e. The van der Waals surface area contributed by atoms with Crippen LogP contribution >= 0.6 is 0 Å². The summed E-state index contributed by atoms with van der Waals surface area (Å²) in [6.45, 7) is 1.68. The number of amides is 2. The van der Waals surface area contributed by atoms with Crippen molar-refractivity contribution >= 4 is 23.5 Å². The standard InChI is InChI=1S/C24H27FN4O5/c1-34-22(32)20-17(25)3-2-4-18(20)29-11-6-15(7-12-29)14-27-23(33)24(8-9-24)28-21(31)16-5-10-26-19(30)13-16/h2-5,10,13,15H,6-9,11-12,14H2,1H3,(H,26,30)(H,27,33)(H,28,31). The molecule has 1 aromatic heterocycles. The number of benzene rings is 1. The van der Waals surface area contributed by atoms with Gasteiger partial charge in [-0.2, -0.15) is 0 Å². The molecule has 2 amide bonds. The SMILES string of the molecule is COC(=O)c1c(F)cccc1N1CCC(CNC(=O)C2(NC(=O)c3cc[nH]c(=O)c3)CC2)CC1. The maximum absolute atomic E-state index is 14.2. The molecule has 1 saturated carbocycles. The first kappa shape index (κ1) is 23.5. The molecule has 10 heteroatoms. The van der Waals surface area contributed by atoms with Gasteiger partial charge in [-0.3, -0.25) is 14.4 Å².